The van der Waals surface area contributed by atoms with Crippen LogP contribution in [0.5, 0.6) is 0 Å². The lowest BCUT2D eigenvalue weighted by molar-refractivity contribution is -0.127. The Bertz CT molecular complexity index is 747. The SMILES string of the molecule is Cc1ccc(C(=O)C(=O)NNC(=O)Cn2nc(C)cc2C)cc1. The van der Waals surface area contributed by atoms with Crippen molar-refractivity contribution < 1.29 is 14.4 Å². The summed E-state index contributed by atoms with van der Waals surface area (Å²) in [6, 6.07) is 8.44. The number of benzene rings is 1. The van der Waals surface area contributed by atoms with Crippen LogP contribution in [-0.4, -0.2) is 27.4 Å². The minimum Gasteiger partial charge on any atom is -0.283 e. The molecule has 0 fully saturated rings. The standard InChI is InChI=1S/C16H18N4O3/c1-10-4-6-13(7-5-10)15(22)16(23)18-17-14(21)9-20-12(3)8-11(2)19-20/h4-8H,9H2,1-3H3,(H,17,21)(H,18,23). The molecule has 0 atom stereocenters. The second-order valence-corrected chi connectivity index (χ2v) is 5.28. The summed E-state index contributed by atoms with van der Waals surface area (Å²) in [5.41, 5.74) is 7.21. The van der Waals surface area contributed by atoms with Gasteiger partial charge in [0.2, 0.25) is 0 Å². The highest BCUT2D eigenvalue weighted by atomic mass is 16.2. The lowest BCUT2D eigenvalue weighted by Gasteiger charge is -2.08. The van der Waals surface area contributed by atoms with E-state index in [1.807, 2.05) is 26.8 Å². The Morgan fingerprint density at radius 1 is 1.04 bits per heavy atom. The van der Waals surface area contributed by atoms with Gasteiger partial charge in [0.1, 0.15) is 6.54 Å². The van der Waals surface area contributed by atoms with E-state index in [9.17, 15) is 14.4 Å². The van der Waals surface area contributed by atoms with E-state index in [-0.39, 0.29) is 12.1 Å². The molecule has 23 heavy (non-hydrogen) atoms. The molecule has 7 nitrogen and oxygen atoms in total. The van der Waals surface area contributed by atoms with Crippen LogP contribution in [0.15, 0.2) is 30.3 Å². The molecule has 0 radical (unpaired) electrons. The fraction of sp³-hybridized carbons (Fsp3) is 0.250. The predicted octanol–water partition coefficient (Wildman–Crippen LogP) is 0.839. The average Bonchev–Trinajstić information content (AvgIpc) is 2.82. The van der Waals surface area contributed by atoms with Crippen molar-refractivity contribution in [2.75, 3.05) is 0 Å². The maximum absolute atomic E-state index is 11.9. The molecule has 0 aliphatic rings. The van der Waals surface area contributed by atoms with Crippen LogP contribution in [0.2, 0.25) is 0 Å². The van der Waals surface area contributed by atoms with Crippen LogP contribution in [0.25, 0.3) is 0 Å². The molecule has 0 bridgehead atoms. The lowest BCUT2D eigenvalue weighted by atomic mass is 10.1. The molecule has 1 heterocycles. The summed E-state index contributed by atoms with van der Waals surface area (Å²) >= 11 is 0. The van der Waals surface area contributed by atoms with E-state index in [1.54, 1.807) is 24.3 Å². The molecule has 0 saturated heterocycles. The van der Waals surface area contributed by atoms with Crippen molar-refractivity contribution in [3.63, 3.8) is 0 Å². The highest BCUT2D eigenvalue weighted by Crippen LogP contribution is 2.04. The lowest BCUT2D eigenvalue weighted by Crippen LogP contribution is -2.46. The number of nitrogens with one attached hydrogen (secondary N) is 2. The van der Waals surface area contributed by atoms with Crippen molar-refractivity contribution in [2.45, 2.75) is 27.3 Å². The van der Waals surface area contributed by atoms with Gasteiger partial charge in [-0.15, -0.1) is 0 Å². The fourth-order valence-electron chi connectivity index (χ4n) is 2.03. The quantitative estimate of drug-likeness (QED) is 0.497. The molecule has 7 heteroatoms. The van der Waals surface area contributed by atoms with Crippen LogP contribution >= 0.6 is 0 Å². The zero-order valence-electron chi connectivity index (χ0n) is 13.2. The monoisotopic (exact) mass is 314 g/mol. The van der Waals surface area contributed by atoms with Crippen molar-refractivity contribution in [2.24, 2.45) is 0 Å². The summed E-state index contributed by atoms with van der Waals surface area (Å²) in [4.78, 5) is 35.4. The molecule has 0 unspecified atom stereocenters. The molecule has 0 spiro atoms. The molecule has 2 aromatic rings. The van der Waals surface area contributed by atoms with E-state index < -0.39 is 17.6 Å². The number of aryl methyl sites for hydroxylation is 3. The summed E-state index contributed by atoms with van der Waals surface area (Å²) in [5.74, 6) is -2.08. The summed E-state index contributed by atoms with van der Waals surface area (Å²) < 4.78 is 1.51. The van der Waals surface area contributed by atoms with Crippen LogP contribution in [0.1, 0.15) is 27.3 Å². The van der Waals surface area contributed by atoms with Gasteiger partial charge in [-0.1, -0.05) is 29.8 Å². The van der Waals surface area contributed by atoms with Gasteiger partial charge in [0.25, 0.3) is 11.7 Å². The minimum atomic E-state index is -0.893. The molecule has 2 amide bonds. The number of aromatic nitrogens is 2. The van der Waals surface area contributed by atoms with Crippen molar-refractivity contribution in [1.82, 2.24) is 20.6 Å². The van der Waals surface area contributed by atoms with E-state index in [0.29, 0.717) is 0 Å². The number of hydrogen-bond acceptors (Lipinski definition) is 4. The van der Waals surface area contributed by atoms with Gasteiger partial charge >= 0.3 is 5.91 Å². The normalized spacial score (nSPS) is 10.2. The zero-order chi connectivity index (χ0) is 17.0. The molecule has 1 aromatic heterocycles. The molecule has 2 rings (SSSR count). The number of carbonyl (C=O) groups excluding carboxylic acids is 3. The van der Waals surface area contributed by atoms with Crippen LogP contribution in [0, 0.1) is 20.8 Å². The highest BCUT2D eigenvalue weighted by molar-refractivity contribution is 6.42. The summed E-state index contributed by atoms with van der Waals surface area (Å²) in [6.45, 7) is 5.49. The van der Waals surface area contributed by atoms with Gasteiger partial charge in [-0.05, 0) is 26.8 Å². The van der Waals surface area contributed by atoms with Gasteiger partial charge in [0.15, 0.2) is 0 Å². The molecule has 2 N–H and O–H groups in total. The first-order valence-electron chi connectivity index (χ1n) is 7.08. The number of hydrazine groups is 1. The summed E-state index contributed by atoms with van der Waals surface area (Å²) in [7, 11) is 0. The van der Waals surface area contributed by atoms with Gasteiger partial charge in [-0.2, -0.15) is 5.10 Å². The van der Waals surface area contributed by atoms with Crippen LogP contribution in [0.4, 0.5) is 0 Å². The Morgan fingerprint density at radius 2 is 1.70 bits per heavy atom. The van der Waals surface area contributed by atoms with Crippen molar-refractivity contribution in [3.8, 4) is 0 Å². The van der Waals surface area contributed by atoms with Gasteiger partial charge in [-0.3, -0.25) is 29.9 Å². The fourth-order valence-corrected chi connectivity index (χ4v) is 2.03. The maximum atomic E-state index is 11.9. The first kappa shape index (κ1) is 16.4. The molecule has 120 valence electrons. The maximum Gasteiger partial charge on any atom is 0.310 e. The molecule has 0 saturated carbocycles. The number of hydrogen-bond donors (Lipinski definition) is 2. The average molecular weight is 314 g/mol. The third-order valence-corrected chi connectivity index (χ3v) is 3.23. The highest BCUT2D eigenvalue weighted by Gasteiger charge is 2.17. The Balaban J connectivity index is 1.88. The summed E-state index contributed by atoms with van der Waals surface area (Å²) in [6.07, 6.45) is 0. The van der Waals surface area contributed by atoms with E-state index >= 15 is 0 Å². The smallest absolute Gasteiger partial charge is 0.283 e. The van der Waals surface area contributed by atoms with Gasteiger partial charge in [-0.25, -0.2) is 0 Å². The summed E-state index contributed by atoms with van der Waals surface area (Å²) in [5, 5.41) is 4.14. The topological polar surface area (TPSA) is 93.1 Å². The Labute approximate surface area is 133 Å². The minimum absolute atomic E-state index is 0.0430. The number of carbonyl (C=O) groups is 3. The first-order valence-corrected chi connectivity index (χ1v) is 7.08. The van der Waals surface area contributed by atoms with Crippen molar-refractivity contribution >= 4 is 17.6 Å². The third kappa shape index (κ3) is 4.26. The Hall–Kier alpha value is -2.96. The number of ketones is 1. The van der Waals surface area contributed by atoms with Gasteiger partial charge < -0.3 is 0 Å². The number of Topliss-reactive ketones (excluding diaryl/α,β-unsaturated/α-hetero) is 1. The van der Waals surface area contributed by atoms with Crippen molar-refractivity contribution in [1.29, 1.82) is 0 Å². The van der Waals surface area contributed by atoms with Crippen LogP contribution in [0.3, 0.4) is 0 Å². The van der Waals surface area contributed by atoms with Crippen molar-refractivity contribution in [3.05, 3.63) is 52.8 Å². The van der Waals surface area contributed by atoms with Crippen LogP contribution in [-0.2, 0) is 16.1 Å². The van der Waals surface area contributed by atoms with Crippen LogP contribution < -0.4 is 10.9 Å². The Kier molecular flexibility index (Phi) is 4.90. The largest absolute Gasteiger partial charge is 0.310 e. The zero-order valence-corrected chi connectivity index (χ0v) is 13.2. The van der Waals surface area contributed by atoms with E-state index in [1.165, 1.54) is 4.68 Å². The Morgan fingerprint density at radius 3 is 2.26 bits per heavy atom. The van der Waals surface area contributed by atoms with Gasteiger partial charge in [0, 0.05) is 11.3 Å². The second kappa shape index (κ2) is 6.87. The molecular weight excluding hydrogens is 296 g/mol. The number of amides is 2. The molecule has 0 aliphatic carbocycles. The number of nitrogens with zero attached hydrogens (tertiary/aromatic N) is 2. The molecule has 0 aliphatic heterocycles. The van der Waals surface area contributed by atoms with E-state index in [2.05, 4.69) is 16.0 Å². The number of rotatable bonds is 4. The first-order chi connectivity index (χ1) is 10.9. The molecular formula is C16H18N4O3. The second-order valence-electron chi connectivity index (χ2n) is 5.28. The molecule has 1 aromatic carbocycles. The predicted molar refractivity (Wildman–Crippen MR) is 83.5 cm³/mol. The third-order valence-electron chi connectivity index (χ3n) is 3.23. The van der Waals surface area contributed by atoms with Gasteiger partial charge in [0.05, 0.1) is 5.69 Å². The van der Waals surface area contributed by atoms with E-state index in [4.69, 9.17) is 0 Å². The van der Waals surface area contributed by atoms with E-state index in [0.717, 1.165) is 17.0 Å².